The first-order valence-electron chi connectivity index (χ1n) is 8.19. The number of likely N-dealkylation sites (N-methyl/N-ethyl adjacent to an activating group) is 1. The van der Waals surface area contributed by atoms with Crippen LogP contribution in [0.25, 0.3) is 0 Å². The summed E-state index contributed by atoms with van der Waals surface area (Å²) >= 11 is 0. The molecule has 2 heterocycles. The molecule has 0 radical (unpaired) electrons. The third-order valence-corrected chi connectivity index (χ3v) is 4.50. The predicted molar refractivity (Wildman–Crippen MR) is 91.8 cm³/mol. The highest BCUT2D eigenvalue weighted by atomic mass is 16.5. The second kappa shape index (κ2) is 7.15. The molecular formula is C18H24N4O2. The van der Waals surface area contributed by atoms with Crippen LogP contribution in [-0.2, 0) is 11.8 Å². The maximum absolute atomic E-state index is 12.4. The number of carbonyl (C=O) groups is 1. The Labute approximate surface area is 142 Å². The van der Waals surface area contributed by atoms with E-state index in [1.807, 2.05) is 49.0 Å². The van der Waals surface area contributed by atoms with Crippen molar-refractivity contribution >= 4 is 5.91 Å². The zero-order valence-corrected chi connectivity index (χ0v) is 14.4. The van der Waals surface area contributed by atoms with Gasteiger partial charge < -0.3 is 14.6 Å². The summed E-state index contributed by atoms with van der Waals surface area (Å²) in [6.07, 6.45) is 3.55. The van der Waals surface area contributed by atoms with E-state index in [0.29, 0.717) is 18.7 Å². The average molecular weight is 328 g/mol. The smallest absolute Gasteiger partial charge is 0.251 e. The van der Waals surface area contributed by atoms with Crippen LogP contribution >= 0.6 is 0 Å². The van der Waals surface area contributed by atoms with E-state index in [0.717, 1.165) is 17.8 Å². The number of nitrogens with one attached hydrogen (secondary N) is 1. The Bertz CT molecular complexity index is 713. The van der Waals surface area contributed by atoms with Crippen molar-refractivity contribution in [2.45, 2.75) is 19.1 Å². The molecule has 0 unspecified atom stereocenters. The molecule has 1 saturated heterocycles. The van der Waals surface area contributed by atoms with E-state index < -0.39 is 0 Å². The van der Waals surface area contributed by atoms with Gasteiger partial charge in [-0.2, -0.15) is 0 Å². The summed E-state index contributed by atoms with van der Waals surface area (Å²) in [5.41, 5.74) is 2.84. The largest absolute Gasteiger partial charge is 0.373 e. The molecular weight excluding hydrogens is 304 g/mol. The molecule has 1 aliphatic rings. The highest BCUT2D eigenvalue weighted by molar-refractivity contribution is 5.94. The Morgan fingerprint density at radius 2 is 2.25 bits per heavy atom. The number of rotatable bonds is 4. The number of amides is 1. The van der Waals surface area contributed by atoms with Crippen molar-refractivity contribution in [3.05, 3.63) is 53.6 Å². The average Bonchev–Trinajstić information content (AvgIpc) is 2.98. The highest BCUT2D eigenvalue weighted by Crippen LogP contribution is 2.27. The van der Waals surface area contributed by atoms with Gasteiger partial charge in [-0.1, -0.05) is 17.7 Å². The van der Waals surface area contributed by atoms with Crippen molar-refractivity contribution < 1.29 is 9.53 Å². The van der Waals surface area contributed by atoms with Crippen LogP contribution in [0.4, 0.5) is 0 Å². The van der Waals surface area contributed by atoms with Crippen LogP contribution in [-0.4, -0.2) is 53.2 Å². The third-order valence-electron chi connectivity index (χ3n) is 4.50. The fourth-order valence-electron chi connectivity index (χ4n) is 3.18. The fraction of sp³-hybridized carbons (Fsp3) is 0.444. The maximum Gasteiger partial charge on any atom is 0.251 e. The molecule has 1 aliphatic heterocycles. The van der Waals surface area contributed by atoms with E-state index in [2.05, 4.69) is 22.2 Å². The fourth-order valence-corrected chi connectivity index (χ4v) is 3.18. The van der Waals surface area contributed by atoms with Gasteiger partial charge in [0.1, 0.15) is 0 Å². The Kier molecular flexibility index (Phi) is 4.97. The van der Waals surface area contributed by atoms with Gasteiger partial charge in [-0.25, -0.2) is 4.98 Å². The van der Waals surface area contributed by atoms with Gasteiger partial charge in [0.15, 0.2) is 0 Å². The molecule has 128 valence electrons. The molecule has 1 fully saturated rings. The van der Waals surface area contributed by atoms with E-state index in [1.165, 1.54) is 0 Å². The predicted octanol–water partition coefficient (Wildman–Crippen LogP) is 1.53. The van der Waals surface area contributed by atoms with Crippen LogP contribution in [0, 0.1) is 6.92 Å². The maximum atomic E-state index is 12.4. The molecule has 24 heavy (non-hydrogen) atoms. The first kappa shape index (κ1) is 16.7. The van der Waals surface area contributed by atoms with Crippen LogP contribution in [0.3, 0.4) is 0 Å². The number of benzene rings is 1. The Hall–Kier alpha value is -2.18. The molecule has 1 amide bonds. The van der Waals surface area contributed by atoms with Gasteiger partial charge >= 0.3 is 0 Å². The monoisotopic (exact) mass is 328 g/mol. The van der Waals surface area contributed by atoms with Crippen LogP contribution < -0.4 is 5.32 Å². The molecule has 0 spiro atoms. The molecule has 2 atom stereocenters. The first-order chi connectivity index (χ1) is 11.6. The van der Waals surface area contributed by atoms with Crippen LogP contribution in [0.1, 0.15) is 27.7 Å². The summed E-state index contributed by atoms with van der Waals surface area (Å²) in [5, 5.41) is 3.01. The van der Waals surface area contributed by atoms with Gasteiger partial charge in [0.25, 0.3) is 5.91 Å². The van der Waals surface area contributed by atoms with Gasteiger partial charge in [-0.05, 0) is 26.1 Å². The van der Waals surface area contributed by atoms with E-state index in [9.17, 15) is 4.79 Å². The van der Waals surface area contributed by atoms with Crippen molar-refractivity contribution in [1.29, 1.82) is 0 Å². The minimum Gasteiger partial charge on any atom is -0.373 e. The summed E-state index contributed by atoms with van der Waals surface area (Å²) < 4.78 is 7.96. The standard InChI is InChI=1S/C18H24N4O2/c1-13-5-4-6-14(9-13)18(23)20-11-16-17(21(2)7-8-24-16)15-10-19-12-22(15)3/h4-6,9-10,12,16-17H,7-8,11H2,1-3H3,(H,20,23)/t16-,17-/m0/s1. The Morgan fingerprint density at radius 1 is 1.42 bits per heavy atom. The topological polar surface area (TPSA) is 59.4 Å². The number of nitrogens with zero attached hydrogens (tertiary/aromatic N) is 3. The van der Waals surface area contributed by atoms with Crippen LogP contribution in [0.5, 0.6) is 0 Å². The number of aromatic nitrogens is 2. The number of aryl methyl sites for hydroxylation is 2. The lowest BCUT2D eigenvalue weighted by Crippen LogP contribution is -2.48. The molecule has 3 rings (SSSR count). The minimum absolute atomic E-state index is 0.0701. The van der Waals surface area contributed by atoms with Crippen molar-refractivity contribution in [1.82, 2.24) is 19.8 Å². The minimum atomic E-state index is -0.104. The summed E-state index contributed by atoms with van der Waals surface area (Å²) in [4.78, 5) is 18.8. The molecule has 6 heteroatoms. The molecule has 1 N–H and O–H groups in total. The molecule has 2 aromatic rings. The summed E-state index contributed by atoms with van der Waals surface area (Å²) in [5.74, 6) is -0.0701. The van der Waals surface area contributed by atoms with Crippen molar-refractivity contribution in [2.24, 2.45) is 7.05 Å². The van der Waals surface area contributed by atoms with E-state index in [4.69, 9.17) is 4.74 Å². The Morgan fingerprint density at radius 3 is 2.96 bits per heavy atom. The lowest BCUT2D eigenvalue weighted by atomic mass is 10.0. The summed E-state index contributed by atoms with van der Waals surface area (Å²) in [6, 6.07) is 7.67. The van der Waals surface area contributed by atoms with E-state index in [1.54, 1.807) is 6.33 Å². The number of morpholine rings is 1. The molecule has 0 aliphatic carbocycles. The van der Waals surface area contributed by atoms with Crippen LogP contribution in [0.2, 0.25) is 0 Å². The van der Waals surface area contributed by atoms with Crippen molar-refractivity contribution in [3.8, 4) is 0 Å². The van der Waals surface area contributed by atoms with Gasteiger partial charge in [-0.15, -0.1) is 0 Å². The molecule has 1 aromatic heterocycles. The summed E-state index contributed by atoms with van der Waals surface area (Å²) in [6.45, 7) is 3.97. The number of carbonyl (C=O) groups excluding carboxylic acids is 1. The quantitative estimate of drug-likeness (QED) is 0.925. The molecule has 0 saturated carbocycles. The number of imidazole rings is 1. The highest BCUT2D eigenvalue weighted by Gasteiger charge is 2.33. The molecule has 0 bridgehead atoms. The van der Waals surface area contributed by atoms with Gasteiger partial charge in [0.05, 0.1) is 30.8 Å². The van der Waals surface area contributed by atoms with Gasteiger partial charge in [0.2, 0.25) is 0 Å². The first-order valence-corrected chi connectivity index (χ1v) is 8.19. The Balaban J connectivity index is 1.70. The normalized spacial score (nSPS) is 21.6. The lowest BCUT2D eigenvalue weighted by molar-refractivity contribution is -0.0626. The number of hydrogen-bond acceptors (Lipinski definition) is 4. The lowest BCUT2D eigenvalue weighted by Gasteiger charge is -2.39. The van der Waals surface area contributed by atoms with Gasteiger partial charge in [0, 0.05) is 31.9 Å². The number of hydrogen-bond donors (Lipinski definition) is 1. The third kappa shape index (κ3) is 3.49. The summed E-state index contributed by atoms with van der Waals surface area (Å²) in [7, 11) is 4.06. The van der Waals surface area contributed by atoms with E-state index in [-0.39, 0.29) is 18.1 Å². The zero-order valence-electron chi connectivity index (χ0n) is 14.4. The molecule has 1 aromatic carbocycles. The van der Waals surface area contributed by atoms with Gasteiger partial charge in [-0.3, -0.25) is 9.69 Å². The van der Waals surface area contributed by atoms with Crippen LogP contribution in [0.15, 0.2) is 36.8 Å². The SMILES string of the molecule is Cc1cccc(C(=O)NC[C@@H]2OCCN(C)[C@H]2c2cncn2C)c1. The second-order valence-electron chi connectivity index (χ2n) is 6.34. The number of ether oxygens (including phenoxy) is 1. The van der Waals surface area contributed by atoms with Crippen molar-refractivity contribution in [3.63, 3.8) is 0 Å². The van der Waals surface area contributed by atoms with Crippen molar-refractivity contribution in [2.75, 3.05) is 26.7 Å². The second-order valence-corrected chi connectivity index (χ2v) is 6.34. The van der Waals surface area contributed by atoms with E-state index >= 15 is 0 Å². The molecule has 6 nitrogen and oxygen atoms in total. The zero-order chi connectivity index (χ0) is 17.1.